The molecule has 0 aromatic heterocycles. The Balaban J connectivity index is 1.67. The number of urea groups is 1. The summed E-state index contributed by atoms with van der Waals surface area (Å²) in [5, 5.41) is 17.1. The van der Waals surface area contributed by atoms with Crippen LogP contribution in [0.15, 0.2) is 47.4 Å². The molecule has 0 spiro atoms. The topological polar surface area (TPSA) is 113 Å². The summed E-state index contributed by atoms with van der Waals surface area (Å²) < 4.78 is 36.5. The minimum absolute atomic E-state index is 0.0401. The maximum atomic E-state index is 13.6. The summed E-state index contributed by atoms with van der Waals surface area (Å²) in [6.07, 6.45) is 2.16. The molecular formula is C19H22FN3O4S. The number of nitrogens with one attached hydrogen (secondary N) is 1. The van der Waals surface area contributed by atoms with Gasteiger partial charge in [-0.15, -0.1) is 0 Å². The van der Waals surface area contributed by atoms with Gasteiger partial charge >= 0.3 is 6.03 Å². The van der Waals surface area contributed by atoms with E-state index in [0.29, 0.717) is 24.6 Å². The van der Waals surface area contributed by atoms with Crippen molar-refractivity contribution in [3.05, 3.63) is 59.4 Å². The van der Waals surface area contributed by atoms with Crippen molar-refractivity contribution in [1.29, 1.82) is 0 Å². The van der Waals surface area contributed by atoms with Crippen molar-refractivity contribution in [2.45, 2.75) is 30.8 Å². The van der Waals surface area contributed by atoms with E-state index in [0.717, 1.165) is 30.5 Å². The van der Waals surface area contributed by atoms with Crippen molar-refractivity contribution in [3.8, 4) is 5.75 Å². The molecule has 4 N–H and O–H groups in total. The summed E-state index contributed by atoms with van der Waals surface area (Å²) >= 11 is 0. The number of carbonyl (C=O) groups excluding carboxylic acids is 1. The third kappa shape index (κ3) is 5.43. The van der Waals surface area contributed by atoms with Crippen molar-refractivity contribution >= 4 is 16.1 Å². The van der Waals surface area contributed by atoms with Crippen LogP contribution >= 0.6 is 0 Å². The first-order valence-corrected chi connectivity index (χ1v) is 10.4. The number of hydrogen-bond acceptors (Lipinski definition) is 4. The average molecular weight is 407 g/mol. The number of nitrogens with two attached hydrogens (primary N) is 1. The summed E-state index contributed by atoms with van der Waals surface area (Å²) in [6, 6.07) is 9.86. The number of primary sulfonamides is 1. The van der Waals surface area contributed by atoms with Crippen LogP contribution in [0.5, 0.6) is 5.75 Å². The van der Waals surface area contributed by atoms with Crippen LogP contribution in [0.2, 0.25) is 0 Å². The Morgan fingerprint density at radius 2 is 1.82 bits per heavy atom. The molecule has 1 saturated carbocycles. The molecule has 0 aliphatic heterocycles. The van der Waals surface area contributed by atoms with Gasteiger partial charge in [0.1, 0.15) is 16.5 Å². The van der Waals surface area contributed by atoms with Crippen molar-refractivity contribution in [1.82, 2.24) is 10.2 Å². The van der Waals surface area contributed by atoms with Crippen LogP contribution < -0.4 is 10.5 Å². The Labute approximate surface area is 163 Å². The number of sulfonamides is 1. The predicted molar refractivity (Wildman–Crippen MR) is 101 cm³/mol. The molecule has 0 radical (unpaired) electrons. The van der Waals surface area contributed by atoms with E-state index >= 15 is 0 Å². The fourth-order valence-corrected chi connectivity index (χ4v) is 3.47. The molecule has 0 heterocycles. The van der Waals surface area contributed by atoms with Gasteiger partial charge in [0.2, 0.25) is 10.0 Å². The second-order valence-corrected chi connectivity index (χ2v) is 8.49. The van der Waals surface area contributed by atoms with Crippen LogP contribution in [0.1, 0.15) is 24.0 Å². The minimum atomic E-state index is -4.18. The van der Waals surface area contributed by atoms with Gasteiger partial charge in [0.15, 0.2) is 0 Å². The van der Waals surface area contributed by atoms with Crippen LogP contribution in [-0.4, -0.2) is 31.0 Å². The number of aromatic hydroxyl groups is 1. The maximum Gasteiger partial charge on any atom is 0.317 e. The lowest BCUT2D eigenvalue weighted by Crippen LogP contribution is -2.40. The van der Waals surface area contributed by atoms with E-state index in [1.54, 1.807) is 29.2 Å². The first-order chi connectivity index (χ1) is 13.2. The lowest BCUT2D eigenvalue weighted by molar-refractivity contribution is 0.192. The normalized spacial score (nSPS) is 13.9. The van der Waals surface area contributed by atoms with Crippen molar-refractivity contribution in [3.63, 3.8) is 0 Å². The number of hydrogen-bond donors (Lipinski definition) is 3. The Hall–Kier alpha value is -2.65. The van der Waals surface area contributed by atoms with E-state index in [9.17, 15) is 22.7 Å². The fraction of sp³-hybridized carbons (Fsp3) is 0.316. The van der Waals surface area contributed by atoms with Crippen LogP contribution in [0.25, 0.3) is 0 Å². The molecule has 1 aliphatic carbocycles. The summed E-state index contributed by atoms with van der Waals surface area (Å²) in [6.45, 7) is 1.03. The molecule has 0 saturated heterocycles. The van der Waals surface area contributed by atoms with E-state index in [4.69, 9.17) is 5.14 Å². The van der Waals surface area contributed by atoms with Crippen molar-refractivity contribution in [2.24, 2.45) is 11.1 Å². The molecule has 7 nitrogen and oxygen atoms in total. The molecule has 0 bridgehead atoms. The highest BCUT2D eigenvalue weighted by Gasteiger charge is 2.27. The highest BCUT2D eigenvalue weighted by Crippen LogP contribution is 2.30. The van der Waals surface area contributed by atoms with Crippen LogP contribution in [0.4, 0.5) is 9.18 Å². The van der Waals surface area contributed by atoms with E-state index in [2.05, 4.69) is 5.32 Å². The van der Waals surface area contributed by atoms with Gasteiger partial charge in [-0.2, -0.15) is 0 Å². The number of nitrogens with zero attached hydrogens (tertiary/aromatic N) is 1. The quantitative estimate of drug-likeness (QED) is 0.654. The number of amides is 2. The molecule has 9 heteroatoms. The molecule has 2 aromatic carbocycles. The lowest BCUT2D eigenvalue weighted by atomic mass is 10.2. The first-order valence-electron chi connectivity index (χ1n) is 8.84. The second kappa shape index (κ2) is 8.15. The third-order valence-corrected chi connectivity index (χ3v) is 5.44. The van der Waals surface area contributed by atoms with E-state index in [1.165, 1.54) is 6.07 Å². The Morgan fingerprint density at radius 3 is 2.43 bits per heavy atom. The summed E-state index contributed by atoms with van der Waals surface area (Å²) in [7, 11) is -4.18. The summed E-state index contributed by atoms with van der Waals surface area (Å²) in [4.78, 5) is 13.7. The van der Waals surface area contributed by atoms with Gasteiger partial charge in [0, 0.05) is 19.6 Å². The molecule has 2 amide bonds. The van der Waals surface area contributed by atoms with Gasteiger partial charge in [-0.25, -0.2) is 22.7 Å². The molecular weight excluding hydrogens is 385 g/mol. The number of rotatable bonds is 7. The highest BCUT2D eigenvalue weighted by molar-refractivity contribution is 7.89. The number of carbonyl (C=O) groups is 1. The highest BCUT2D eigenvalue weighted by atomic mass is 32.2. The lowest BCUT2D eigenvalue weighted by Gasteiger charge is -2.23. The van der Waals surface area contributed by atoms with Gasteiger partial charge in [-0.05, 0) is 54.2 Å². The van der Waals surface area contributed by atoms with Crippen LogP contribution in [0, 0.1) is 11.7 Å². The smallest absolute Gasteiger partial charge is 0.317 e. The van der Waals surface area contributed by atoms with E-state index < -0.39 is 20.7 Å². The molecule has 28 heavy (non-hydrogen) atoms. The van der Waals surface area contributed by atoms with Crippen molar-refractivity contribution < 1.29 is 22.7 Å². The summed E-state index contributed by atoms with van der Waals surface area (Å²) in [5.74, 6) is -0.299. The van der Waals surface area contributed by atoms with Gasteiger partial charge in [0.25, 0.3) is 0 Å². The van der Waals surface area contributed by atoms with E-state index in [1.807, 2.05) is 0 Å². The standard InChI is InChI=1S/C19H22FN3O4S/c20-17-8-5-15(9-18(17)28(21,26)27)10-22-19(25)23(11-13-1-2-13)12-14-3-6-16(24)7-4-14/h3-9,13,24H,1-2,10-12H2,(H,22,25)(H2,21,26,27). The van der Waals surface area contributed by atoms with Gasteiger partial charge in [0.05, 0.1) is 0 Å². The van der Waals surface area contributed by atoms with Crippen molar-refractivity contribution in [2.75, 3.05) is 6.54 Å². The maximum absolute atomic E-state index is 13.6. The third-order valence-electron chi connectivity index (χ3n) is 4.52. The fourth-order valence-electron chi connectivity index (χ4n) is 2.82. The van der Waals surface area contributed by atoms with Crippen LogP contribution in [0.3, 0.4) is 0 Å². The number of halogens is 1. The number of phenolic OH excluding ortho intramolecular Hbond substituents is 1. The second-order valence-electron chi connectivity index (χ2n) is 6.96. The van der Waals surface area contributed by atoms with Gasteiger partial charge in [-0.1, -0.05) is 18.2 Å². The number of phenols is 1. The SMILES string of the molecule is NS(=O)(=O)c1cc(CNC(=O)N(Cc2ccc(O)cc2)CC2CC2)ccc1F. The zero-order valence-electron chi connectivity index (χ0n) is 15.1. The molecule has 0 unspecified atom stereocenters. The Kier molecular flexibility index (Phi) is 5.85. The molecule has 1 aliphatic rings. The van der Waals surface area contributed by atoms with Gasteiger partial charge < -0.3 is 15.3 Å². The zero-order chi connectivity index (χ0) is 20.3. The monoisotopic (exact) mass is 407 g/mol. The van der Waals surface area contributed by atoms with Crippen LogP contribution in [-0.2, 0) is 23.1 Å². The predicted octanol–water partition coefficient (Wildman–Crippen LogP) is 2.30. The molecule has 2 aromatic rings. The molecule has 3 rings (SSSR count). The summed E-state index contributed by atoms with van der Waals surface area (Å²) in [5.41, 5.74) is 1.31. The van der Waals surface area contributed by atoms with E-state index in [-0.39, 0.29) is 18.3 Å². The Morgan fingerprint density at radius 1 is 1.18 bits per heavy atom. The molecule has 0 atom stereocenters. The first kappa shape index (κ1) is 20.1. The average Bonchev–Trinajstić information content (AvgIpc) is 3.45. The number of benzene rings is 2. The molecule has 1 fully saturated rings. The minimum Gasteiger partial charge on any atom is -0.508 e. The molecule has 150 valence electrons. The van der Waals surface area contributed by atoms with Gasteiger partial charge in [-0.3, -0.25) is 0 Å². The Bertz CT molecular complexity index is 960. The largest absolute Gasteiger partial charge is 0.508 e. The zero-order valence-corrected chi connectivity index (χ0v) is 16.0.